The van der Waals surface area contributed by atoms with E-state index in [0.717, 1.165) is 35.7 Å². The van der Waals surface area contributed by atoms with Gasteiger partial charge in [0.15, 0.2) is 5.82 Å². The Bertz CT molecular complexity index is 787. The van der Waals surface area contributed by atoms with Gasteiger partial charge in [-0.3, -0.25) is 9.89 Å². The highest BCUT2D eigenvalue weighted by Crippen LogP contribution is 2.31. The Morgan fingerprint density at radius 1 is 1.33 bits per heavy atom. The summed E-state index contributed by atoms with van der Waals surface area (Å²) in [5.74, 6) is 0.902. The summed E-state index contributed by atoms with van der Waals surface area (Å²) >= 11 is 1.71. The first-order valence-corrected chi connectivity index (χ1v) is 8.02. The van der Waals surface area contributed by atoms with Crippen molar-refractivity contribution in [3.05, 3.63) is 35.7 Å². The van der Waals surface area contributed by atoms with Crippen LogP contribution < -0.4 is 5.32 Å². The molecule has 1 amide bonds. The number of hydrogen-bond donors (Lipinski definition) is 2. The first-order valence-electron chi connectivity index (χ1n) is 7.14. The van der Waals surface area contributed by atoms with Gasteiger partial charge >= 0.3 is 0 Å². The van der Waals surface area contributed by atoms with Crippen molar-refractivity contribution in [3.63, 3.8) is 0 Å². The molecule has 0 aliphatic heterocycles. The maximum Gasteiger partial charge on any atom is 0.228 e. The summed E-state index contributed by atoms with van der Waals surface area (Å²) < 4.78 is 0. The van der Waals surface area contributed by atoms with Gasteiger partial charge in [0.05, 0.1) is 5.52 Å². The first kappa shape index (κ1) is 12.6. The molecular formula is C16H15N3OS. The number of H-pyrrole nitrogens is 1. The highest BCUT2D eigenvalue weighted by atomic mass is 32.1. The van der Waals surface area contributed by atoms with E-state index in [9.17, 15) is 4.79 Å². The van der Waals surface area contributed by atoms with Crippen molar-refractivity contribution in [1.29, 1.82) is 0 Å². The standard InChI is InChI=1S/C16H15N3OS/c20-16(10-3-1-4-10)17-15-12-7-6-11(9-13(12)18-19-15)14-5-2-8-21-14/h2,5-10H,1,3-4H2,(H2,17,18,19,20). The summed E-state index contributed by atoms with van der Waals surface area (Å²) in [6.45, 7) is 0. The Hall–Kier alpha value is -2.14. The molecule has 1 aliphatic rings. The van der Waals surface area contributed by atoms with Crippen LogP contribution in [0.4, 0.5) is 5.82 Å². The SMILES string of the molecule is O=C(Nc1n[nH]c2cc(-c3cccs3)ccc12)C1CCC1. The van der Waals surface area contributed by atoms with Crippen molar-refractivity contribution in [3.8, 4) is 10.4 Å². The second-order valence-corrected chi connectivity index (χ2v) is 6.37. The molecule has 0 bridgehead atoms. The third-order valence-electron chi connectivity index (χ3n) is 4.09. The van der Waals surface area contributed by atoms with E-state index in [0.29, 0.717) is 5.82 Å². The quantitative estimate of drug-likeness (QED) is 0.767. The Morgan fingerprint density at radius 3 is 2.95 bits per heavy atom. The summed E-state index contributed by atoms with van der Waals surface area (Å²) in [5, 5.41) is 13.2. The summed E-state index contributed by atoms with van der Waals surface area (Å²) in [7, 11) is 0. The summed E-state index contributed by atoms with van der Waals surface area (Å²) in [4.78, 5) is 13.3. The lowest BCUT2D eigenvalue weighted by atomic mass is 9.85. The molecule has 0 saturated heterocycles. The number of carbonyl (C=O) groups is 1. The van der Waals surface area contributed by atoms with Crippen LogP contribution in [0.3, 0.4) is 0 Å². The Kier molecular flexibility index (Phi) is 3.00. The second kappa shape index (κ2) is 5.00. The van der Waals surface area contributed by atoms with Gasteiger partial charge in [-0.2, -0.15) is 5.10 Å². The molecule has 1 saturated carbocycles. The number of benzene rings is 1. The van der Waals surface area contributed by atoms with Crippen LogP contribution in [0.2, 0.25) is 0 Å². The normalized spacial score (nSPS) is 15.0. The van der Waals surface area contributed by atoms with Crippen molar-refractivity contribution in [2.45, 2.75) is 19.3 Å². The summed E-state index contributed by atoms with van der Waals surface area (Å²) in [6, 6.07) is 10.3. The summed E-state index contributed by atoms with van der Waals surface area (Å²) in [5.41, 5.74) is 2.11. The smallest absolute Gasteiger partial charge is 0.228 e. The van der Waals surface area contributed by atoms with Crippen molar-refractivity contribution in [2.75, 3.05) is 5.32 Å². The predicted octanol–water partition coefficient (Wildman–Crippen LogP) is 4.03. The van der Waals surface area contributed by atoms with Crippen LogP contribution in [0.5, 0.6) is 0 Å². The molecule has 3 aromatic rings. The maximum atomic E-state index is 12.0. The Balaban J connectivity index is 1.64. The number of thiophene rings is 1. The minimum Gasteiger partial charge on any atom is -0.308 e. The Morgan fingerprint density at radius 2 is 2.24 bits per heavy atom. The van der Waals surface area contributed by atoms with E-state index >= 15 is 0 Å². The number of hydrogen-bond acceptors (Lipinski definition) is 3. The van der Waals surface area contributed by atoms with Gasteiger partial charge in [-0.05, 0) is 42.0 Å². The van der Waals surface area contributed by atoms with E-state index in [-0.39, 0.29) is 11.8 Å². The molecule has 106 valence electrons. The zero-order valence-corrected chi connectivity index (χ0v) is 12.2. The van der Waals surface area contributed by atoms with Gasteiger partial charge in [0.2, 0.25) is 5.91 Å². The van der Waals surface area contributed by atoms with Gasteiger partial charge in [0.1, 0.15) is 0 Å². The number of amides is 1. The van der Waals surface area contributed by atoms with Crippen molar-refractivity contribution < 1.29 is 4.79 Å². The molecule has 5 heteroatoms. The number of aromatic amines is 1. The lowest BCUT2D eigenvalue weighted by molar-refractivity contribution is -0.122. The highest BCUT2D eigenvalue weighted by Gasteiger charge is 2.26. The fraction of sp³-hybridized carbons (Fsp3) is 0.250. The monoisotopic (exact) mass is 297 g/mol. The van der Waals surface area contributed by atoms with Gasteiger partial charge in [-0.15, -0.1) is 11.3 Å². The predicted molar refractivity (Wildman–Crippen MR) is 85.4 cm³/mol. The average Bonchev–Trinajstić information content (AvgIpc) is 3.06. The number of nitrogens with one attached hydrogen (secondary N) is 2. The molecule has 1 aromatic carbocycles. The molecule has 0 unspecified atom stereocenters. The van der Waals surface area contributed by atoms with E-state index in [4.69, 9.17) is 0 Å². The third kappa shape index (κ3) is 2.23. The van der Waals surface area contributed by atoms with Gasteiger partial charge in [0, 0.05) is 16.2 Å². The molecule has 0 spiro atoms. The van der Waals surface area contributed by atoms with E-state index in [1.807, 2.05) is 12.1 Å². The van der Waals surface area contributed by atoms with Crippen molar-refractivity contribution in [1.82, 2.24) is 10.2 Å². The molecule has 0 radical (unpaired) electrons. The minimum absolute atomic E-state index is 0.0944. The largest absolute Gasteiger partial charge is 0.308 e. The number of carbonyl (C=O) groups excluding carboxylic acids is 1. The number of rotatable bonds is 3. The van der Waals surface area contributed by atoms with Crippen LogP contribution in [0, 0.1) is 5.92 Å². The van der Waals surface area contributed by atoms with E-state index in [2.05, 4.69) is 39.1 Å². The first-order chi connectivity index (χ1) is 10.3. The van der Waals surface area contributed by atoms with E-state index in [1.165, 1.54) is 4.88 Å². The number of anilines is 1. The zero-order valence-electron chi connectivity index (χ0n) is 11.4. The lowest BCUT2D eigenvalue weighted by Gasteiger charge is -2.23. The Labute approximate surface area is 126 Å². The molecule has 2 heterocycles. The van der Waals surface area contributed by atoms with E-state index < -0.39 is 0 Å². The lowest BCUT2D eigenvalue weighted by Crippen LogP contribution is -2.28. The molecule has 2 aromatic heterocycles. The minimum atomic E-state index is 0.0944. The molecule has 21 heavy (non-hydrogen) atoms. The molecule has 2 N–H and O–H groups in total. The van der Waals surface area contributed by atoms with E-state index in [1.54, 1.807) is 11.3 Å². The number of aromatic nitrogens is 2. The van der Waals surface area contributed by atoms with Gasteiger partial charge in [-0.25, -0.2) is 0 Å². The highest BCUT2D eigenvalue weighted by molar-refractivity contribution is 7.13. The topological polar surface area (TPSA) is 57.8 Å². The van der Waals surface area contributed by atoms with Gasteiger partial charge in [0.25, 0.3) is 0 Å². The number of fused-ring (bicyclic) bond motifs is 1. The fourth-order valence-corrected chi connectivity index (χ4v) is 3.32. The van der Waals surface area contributed by atoms with Crippen LogP contribution in [0.1, 0.15) is 19.3 Å². The van der Waals surface area contributed by atoms with Crippen molar-refractivity contribution >= 4 is 34.0 Å². The van der Waals surface area contributed by atoms with Crippen LogP contribution in [0.25, 0.3) is 21.3 Å². The van der Waals surface area contributed by atoms with Crippen LogP contribution in [0.15, 0.2) is 35.7 Å². The average molecular weight is 297 g/mol. The molecular weight excluding hydrogens is 282 g/mol. The maximum absolute atomic E-state index is 12.0. The fourth-order valence-electron chi connectivity index (χ4n) is 2.60. The molecule has 4 nitrogen and oxygen atoms in total. The van der Waals surface area contributed by atoms with Gasteiger partial charge in [-0.1, -0.05) is 18.6 Å². The molecule has 0 atom stereocenters. The van der Waals surface area contributed by atoms with Gasteiger partial charge < -0.3 is 5.32 Å². The summed E-state index contributed by atoms with van der Waals surface area (Å²) in [6.07, 6.45) is 3.15. The van der Waals surface area contributed by atoms with Crippen LogP contribution in [-0.2, 0) is 4.79 Å². The molecule has 1 aliphatic carbocycles. The number of nitrogens with zero attached hydrogens (tertiary/aromatic N) is 1. The van der Waals surface area contributed by atoms with Crippen LogP contribution >= 0.6 is 11.3 Å². The third-order valence-corrected chi connectivity index (χ3v) is 5.01. The molecule has 4 rings (SSSR count). The molecule has 1 fully saturated rings. The van der Waals surface area contributed by atoms with Crippen LogP contribution in [-0.4, -0.2) is 16.1 Å². The zero-order chi connectivity index (χ0) is 14.2. The van der Waals surface area contributed by atoms with Crippen molar-refractivity contribution in [2.24, 2.45) is 5.92 Å². The second-order valence-electron chi connectivity index (χ2n) is 5.43.